The fourth-order valence-electron chi connectivity index (χ4n) is 3.01. The Kier molecular flexibility index (Phi) is 5.64. The standard InChI is InChI=1S/C21H18FN5O2S/c1-27(10-18-23-16-5-3-2-4-15(16)20(29)25-18)11-19(28)26-21-24-17(12-30-21)13-6-8-14(22)9-7-13/h2-9,12H,10-11H2,1H3,(H,23,25,29)(H,24,26,28). The number of likely N-dealkylation sites (N-methyl/N-ethyl adjacent to an activating group) is 1. The number of para-hydroxylation sites is 1. The molecule has 7 nitrogen and oxygen atoms in total. The van der Waals surface area contributed by atoms with E-state index < -0.39 is 0 Å². The molecular weight excluding hydrogens is 405 g/mol. The molecule has 9 heteroatoms. The Morgan fingerprint density at radius 3 is 2.73 bits per heavy atom. The molecule has 152 valence electrons. The number of benzene rings is 2. The zero-order valence-corrected chi connectivity index (χ0v) is 16.9. The fourth-order valence-corrected chi connectivity index (χ4v) is 3.75. The average Bonchev–Trinajstić information content (AvgIpc) is 3.16. The summed E-state index contributed by atoms with van der Waals surface area (Å²) in [4.78, 5) is 37.8. The first kappa shape index (κ1) is 19.9. The Labute approximate surface area is 175 Å². The molecule has 30 heavy (non-hydrogen) atoms. The van der Waals surface area contributed by atoms with E-state index in [1.54, 1.807) is 47.7 Å². The summed E-state index contributed by atoms with van der Waals surface area (Å²) in [7, 11) is 1.76. The van der Waals surface area contributed by atoms with Gasteiger partial charge in [-0.05, 0) is 43.4 Å². The van der Waals surface area contributed by atoms with Crippen molar-refractivity contribution in [3.63, 3.8) is 0 Å². The van der Waals surface area contributed by atoms with Crippen molar-refractivity contribution in [1.82, 2.24) is 19.9 Å². The number of anilines is 1. The third kappa shape index (κ3) is 4.58. The fraction of sp³-hybridized carbons (Fsp3) is 0.143. The molecule has 0 saturated heterocycles. The topological polar surface area (TPSA) is 91.0 Å². The number of hydrogen-bond donors (Lipinski definition) is 2. The molecular formula is C21H18FN5O2S. The highest BCUT2D eigenvalue weighted by Crippen LogP contribution is 2.25. The number of nitrogens with zero attached hydrogens (tertiary/aromatic N) is 3. The lowest BCUT2D eigenvalue weighted by Gasteiger charge is -2.15. The van der Waals surface area contributed by atoms with Gasteiger partial charge in [0.05, 0.1) is 29.7 Å². The summed E-state index contributed by atoms with van der Waals surface area (Å²) >= 11 is 1.30. The summed E-state index contributed by atoms with van der Waals surface area (Å²) in [6.45, 7) is 0.411. The highest BCUT2D eigenvalue weighted by molar-refractivity contribution is 7.14. The average molecular weight is 423 g/mol. The first-order valence-corrected chi connectivity index (χ1v) is 10.0. The van der Waals surface area contributed by atoms with Crippen molar-refractivity contribution >= 4 is 33.3 Å². The van der Waals surface area contributed by atoms with E-state index in [0.717, 1.165) is 5.56 Å². The highest BCUT2D eigenvalue weighted by Gasteiger charge is 2.12. The number of amides is 1. The molecule has 0 unspecified atom stereocenters. The zero-order valence-electron chi connectivity index (χ0n) is 16.1. The van der Waals surface area contributed by atoms with Gasteiger partial charge < -0.3 is 10.3 Å². The highest BCUT2D eigenvalue weighted by atomic mass is 32.1. The van der Waals surface area contributed by atoms with Crippen LogP contribution in [-0.4, -0.2) is 39.4 Å². The van der Waals surface area contributed by atoms with Crippen LogP contribution in [0.1, 0.15) is 5.82 Å². The summed E-state index contributed by atoms with van der Waals surface area (Å²) in [5.74, 6) is -0.0599. The van der Waals surface area contributed by atoms with Gasteiger partial charge in [-0.3, -0.25) is 14.5 Å². The Balaban J connectivity index is 1.37. The molecule has 1 amide bonds. The first-order chi connectivity index (χ1) is 14.5. The van der Waals surface area contributed by atoms with Crippen molar-refractivity contribution in [2.45, 2.75) is 6.54 Å². The van der Waals surface area contributed by atoms with Gasteiger partial charge in [-0.1, -0.05) is 12.1 Å². The molecule has 4 rings (SSSR count). The van der Waals surface area contributed by atoms with E-state index in [0.29, 0.717) is 34.1 Å². The Bertz CT molecular complexity index is 1250. The summed E-state index contributed by atoms with van der Waals surface area (Å²) < 4.78 is 13.1. The quantitative estimate of drug-likeness (QED) is 0.497. The number of nitrogens with one attached hydrogen (secondary N) is 2. The third-order valence-corrected chi connectivity index (χ3v) is 5.14. The molecule has 0 aliphatic rings. The maximum absolute atomic E-state index is 13.1. The van der Waals surface area contributed by atoms with Gasteiger partial charge in [-0.2, -0.15) is 0 Å². The van der Waals surface area contributed by atoms with E-state index in [-0.39, 0.29) is 23.8 Å². The van der Waals surface area contributed by atoms with Gasteiger partial charge in [0.25, 0.3) is 5.56 Å². The number of aromatic amines is 1. The van der Waals surface area contributed by atoms with Crippen LogP contribution in [0.25, 0.3) is 22.2 Å². The van der Waals surface area contributed by atoms with Gasteiger partial charge in [0.1, 0.15) is 11.6 Å². The van der Waals surface area contributed by atoms with Crippen molar-refractivity contribution < 1.29 is 9.18 Å². The first-order valence-electron chi connectivity index (χ1n) is 9.16. The SMILES string of the molecule is CN(CC(=O)Nc1nc(-c2ccc(F)cc2)cs1)Cc1nc2ccccc2c(=O)[nH]1. The van der Waals surface area contributed by atoms with Crippen LogP contribution in [0, 0.1) is 5.82 Å². The number of thiazole rings is 1. The predicted molar refractivity (Wildman–Crippen MR) is 115 cm³/mol. The van der Waals surface area contributed by atoms with Gasteiger partial charge in [0.2, 0.25) is 5.91 Å². The maximum Gasteiger partial charge on any atom is 0.258 e. The lowest BCUT2D eigenvalue weighted by Crippen LogP contribution is -2.31. The molecule has 0 atom stereocenters. The monoisotopic (exact) mass is 423 g/mol. The lowest BCUT2D eigenvalue weighted by atomic mass is 10.2. The van der Waals surface area contributed by atoms with E-state index >= 15 is 0 Å². The Hall–Kier alpha value is -3.43. The molecule has 0 spiro atoms. The second-order valence-electron chi connectivity index (χ2n) is 6.80. The third-order valence-electron chi connectivity index (χ3n) is 4.39. The van der Waals surface area contributed by atoms with Crippen molar-refractivity contribution in [2.75, 3.05) is 18.9 Å². The number of hydrogen-bond acceptors (Lipinski definition) is 6. The van der Waals surface area contributed by atoms with Gasteiger partial charge in [-0.25, -0.2) is 14.4 Å². The van der Waals surface area contributed by atoms with E-state index in [1.165, 1.54) is 23.5 Å². The smallest absolute Gasteiger partial charge is 0.258 e. The number of carbonyl (C=O) groups is 1. The molecule has 0 fully saturated rings. The van der Waals surface area contributed by atoms with Gasteiger partial charge in [-0.15, -0.1) is 11.3 Å². The Morgan fingerprint density at radius 2 is 1.93 bits per heavy atom. The largest absolute Gasteiger partial charge is 0.309 e. The molecule has 2 aromatic carbocycles. The van der Waals surface area contributed by atoms with Crippen molar-refractivity contribution in [2.24, 2.45) is 0 Å². The van der Waals surface area contributed by atoms with E-state index in [1.807, 2.05) is 6.07 Å². The molecule has 0 aliphatic heterocycles. The van der Waals surface area contributed by atoms with Crippen LogP contribution in [0.4, 0.5) is 9.52 Å². The molecule has 2 N–H and O–H groups in total. The van der Waals surface area contributed by atoms with E-state index in [9.17, 15) is 14.0 Å². The van der Waals surface area contributed by atoms with Crippen LogP contribution in [0.5, 0.6) is 0 Å². The summed E-state index contributed by atoms with van der Waals surface area (Å²) in [5, 5.41) is 5.56. The number of rotatable bonds is 6. The van der Waals surface area contributed by atoms with Gasteiger partial charge in [0, 0.05) is 10.9 Å². The molecule has 0 aliphatic carbocycles. The molecule has 0 bridgehead atoms. The van der Waals surface area contributed by atoms with Crippen LogP contribution in [0.2, 0.25) is 0 Å². The van der Waals surface area contributed by atoms with Crippen LogP contribution in [-0.2, 0) is 11.3 Å². The number of halogens is 1. The Morgan fingerprint density at radius 1 is 1.17 bits per heavy atom. The maximum atomic E-state index is 13.1. The van der Waals surface area contributed by atoms with E-state index in [4.69, 9.17) is 0 Å². The van der Waals surface area contributed by atoms with Crippen LogP contribution < -0.4 is 10.9 Å². The minimum Gasteiger partial charge on any atom is -0.309 e. The molecule has 2 aromatic heterocycles. The number of H-pyrrole nitrogens is 1. The number of aromatic nitrogens is 3. The predicted octanol–water partition coefficient (Wildman–Crippen LogP) is 3.26. The van der Waals surface area contributed by atoms with Crippen molar-refractivity contribution in [1.29, 1.82) is 0 Å². The normalized spacial score (nSPS) is 11.2. The van der Waals surface area contributed by atoms with Crippen LogP contribution in [0.15, 0.2) is 58.7 Å². The van der Waals surface area contributed by atoms with E-state index in [2.05, 4.69) is 20.3 Å². The van der Waals surface area contributed by atoms with Crippen LogP contribution >= 0.6 is 11.3 Å². The lowest BCUT2D eigenvalue weighted by molar-refractivity contribution is -0.117. The number of fused-ring (bicyclic) bond motifs is 1. The minimum absolute atomic E-state index is 0.0992. The van der Waals surface area contributed by atoms with Crippen molar-refractivity contribution in [3.05, 3.63) is 75.9 Å². The molecule has 0 radical (unpaired) electrons. The molecule has 0 saturated carbocycles. The van der Waals surface area contributed by atoms with Crippen molar-refractivity contribution in [3.8, 4) is 11.3 Å². The molecule has 4 aromatic rings. The number of carbonyl (C=O) groups excluding carboxylic acids is 1. The summed E-state index contributed by atoms with van der Waals surface area (Å²) in [6.07, 6.45) is 0. The van der Waals surface area contributed by atoms with Gasteiger partial charge in [0.15, 0.2) is 5.13 Å². The molecule has 2 heterocycles. The zero-order chi connectivity index (χ0) is 21.1. The minimum atomic E-state index is -0.312. The second-order valence-corrected chi connectivity index (χ2v) is 7.65. The summed E-state index contributed by atoms with van der Waals surface area (Å²) in [5.41, 5.74) is 1.85. The van der Waals surface area contributed by atoms with Gasteiger partial charge >= 0.3 is 0 Å². The second kappa shape index (κ2) is 8.52. The summed E-state index contributed by atoms with van der Waals surface area (Å²) in [6, 6.07) is 13.1. The van der Waals surface area contributed by atoms with Crippen LogP contribution in [0.3, 0.4) is 0 Å².